The molecular weight excluding hydrogens is 322 g/mol. The number of anilines is 3. The van der Waals surface area contributed by atoms with Crippen LogP contribution in [0.1, 0.15) is 37.3 Å². The Hall–Kier alpha value is -2.49. The number of carbonyl (C=O) groups excluding carboxylic acids is 1. The van der Waals surface area contributed by atoms with Crippen molar-refractivity contribution in [2.45, 2.75) is 46.1 Å². The molecule has 0 bridgehead atoms. The lowest BCUT2D eigenvalue weighted by molar-refractivity contribution is -0.116. The summed E-state index contributed by atoms with van der Waals surface area (Å²) < 4.78 is 0. The molecule has 2 aromatic rings. The molecule has 0 aliphatic carbocycles. The minimum Gasteiger partial charge on any atom is -0.374 e. The smallest absolute Gasteiger partial charge is 0.246 e. The standard InChI is InChI=1S/C22H29N3O/c1-16-7-12-21(17(2)15-16)24-22(26)18(3)23-19-8-10-20(11-9-19)25-13-5-4-6-14-25/h7-12,15,18,23H,4-6,13-14H2,1-3H3,(H,24,26)/t18-/m0/s1. The van der Waals surface area contributed by atoms with Crippen LogP contribution in [0.15, 0.2) is 42.5 Å². The van der Waals surface area contributed by atoms with Crippen molar-refractivity contribution in [3.8, 4) is 0 Å². The monoisotopic (exact) mass is 351 g/mol. The van der Waals surface area contributed by atoms with Crippen LogP contribution in [0.5, 0.6) is 0 Å². The van der Waals surface area contributed by atoms with Crippen LogP contribution >= 0.6 is 0 Å². The van der Waals surface area contributed by atoms with E-state index in [-0.39, 0.29) is 11.9 Å². The molecule has 138 valence electrons. The first-order valence-corrected chi connectivity index (χ1v) is 9.52. The number of hydrogen-bond donors (Lipinski definition) is 2. The van der Waals surface area contributed by atoms with Crippen LogP contribution in [-0.4, -0.2) is 25.0 Å². The highest BCUT2D eigenvalue weighted by atomic mass is 16.2. The highest BCUT2D eigenvalue weighted by molar-refractivity contribution is 5.96. The largest absolute Gasteiger partial charge is 0.374 e. The summed E-state index contributed by atoms with van der Waals surface area (Å²) in [6.07, 6.45) is 3.88. The Bertz CT molecular complexity index is 748. The van der Waals surface area contributed by atoms with Gasteiger partial charge in [0, 0.05) is 30.2 Å². The van der Waals surface area contributed by atoms with Crippen molar-refractivity contribution in [1.82, 2.24) is 0 Å². The van der Waals surface area contributed by atoms with E-state index < -0.39 is 0 Å². The second kappa shape index (κ2) is 8.26. The van der Waals surface area contributed by atoms with Crippen molar-refractivity contribution >= 4 is 23.0 Å². The molecule has 4 heteroatoms. The molecule has 0 spiro atoms. The average Bonchev–Trinajstić information content (AvgIpc) is 2.65. The summed E-state index contributed by atoms with van der Waals surface area (Å²) in [5.41, 5.74) is 5.38. The molecule has 1 saturated heterocycles. The maximum absolute atomic E-state index is 12.5. The van der Waals surface area contributed by atoms with Gasteiger partial charge in [0.15, 0.2) is 0 Å². The predicted molar refractivity (Wildman–Crippen MR) is 110 cm³/mol. The van der Waals surface area contributed by atoms with E-state index >= 15 is 0 Å². The zero-order chi connectivity index (χ0) is 18.5. The van der Waals surface area contributed by atoms with Gasteiger partial charge in [-0.15, -0.1) is 0 Å². The van der Waals surface area contributed by atoms with E-state index in [0.29, 0.717) is 0 Å². The van der Waals surface area contributed by atoms with Crippen LogP contribution < -0.4 is 15.5 Å². The summed E-state index contributed by atoms with van der Waals surface area (Å²) in [4.78, 5) is 14.9. The number of piperidine rings is 1. The highest BCUT2D eigenvalue weighted by Gasteiger charge is 2.15. The van der Waals surface area contributed by atoms with Gasteiger partial charge < -0.3 is 15.5 Å². The van der Waals surface area contributed by atoms with Gasteiger partial charge in [0.2, 0.25) is 5.91 Å². The average molecular weight is 351 g/mol. The molecule has 1 aliphatic rings. The fourth-order valence-electron chi connectivity index (χ4n) is 3.43. The van der Waals surface area contributed by atoms with Crippen molar-refractivity contribution < 1.29 is 4.79 Å². The molecule has 2 aromatic carbocycles. The second-order valence-corrected chi connectivity index (χ2v) is 7.27. The number of amides is 1. The van der Waals surface area contributed by atoms with Crippen LogP contribution in [0, 0.1) is 13.8 Å². The molecule has 3 rings (SSSR count). The summed E-state index contributed by atoms with van der Waals surface area (Å²) in [5, 5.41) is 6.30. The number of benzene rings is 2. The maximum Gasteiger partial charge on any atom is 0.246 e. The molecule has 2 N–H and O–H groups in total. The first-order valence-electron chi connectivity index (χ1n) is 9.52. The third-order valence-corrected chi connectivity index (χ3v) is 5.00. The second-order valence-electron chi connectivity index (χ2n) is 7.27. The fraction of sp³-hybridized carbons (Fsp3) is 0.409. The fourth-order valence-corrected chi connectivity index (χ4v) is 3.43. The zero-order valence-electron chi connectivity index (χ0n) is 16.0. The Morgan fingerprint density at radius 1 is 1.00 bits per heavy atom. The molecule has 0 unspecified atom stereocenters. The highest BCUT2D eigenvalue weighted by Crippen LogP contribution is 2.22. The summed E-state index contributed by atoms with van der Waals surface area (Å²) in [5.74, 6) is -0.0305. The van der Waals surface area contributed by atoms with Crippen molar-refractivity contribution in [1.29, 1.82) is 0 Å². The van der Waals surface area contributed by atoms with E-state index in [1.165, 1.54) is 30.5 Å². The Labute approximate surface area is 156 Å². The van der Waals surface area contributed by atoms with Crippen molar-refractivity contribution in [2.75, 3.05) is 28.6 Å². The Balaban J connectivity index is 1.58. The SMILES string of the molecule is Cc1ccc(NC(=O)[C@H](C)Nc2ccc(N3CCCCC3)cc2)c(C)c1. The summed E-state index contributed by atoms with van der Waals surface area (Å²) >= 11 is 0. The number of nitrogens with zero attached hydrogens (tertiary/aromatic N) is 1. The third-order valence-electron chi connectivity index (χ3n) is 5.00. The Morgan fingerprint density at radius 2 is 1.69 bits per heavy atom. The van der Waals surface area contributed by atoms with E-state index in [1.807, 2.05) is 26.0 Å². The van der Waals surface area contributed by atoms with E-state index in [4.69, 9.17) is 0 Å². The topological polar surface area (TPSA) is 44.4 Å². The van der Waals surface area contributed by atoms with E-state index in [9.17, 15) is 4.79 Å². The van der Waals surface area contributed by atoms with Crippen LogP contribution in [0.3, 0.4) is 0 Å². The van der Waals surface area contributed by atoms with Crippen LogP contribution in [0.25, 0.3) is 0 Å². The van der Waals surface area contributed by atoms with Gasteiger partial charge in [0.1, 0.15) is 6.04 Å². The van der Waals surface area contributed by atoms with E-state index in [0.717, 1.165) is 30.0 Å². The maximum atomic E-state index is 12.5. The first-order chi connectivity index (χ1) is 12.5. The molecule has 1 aliphatic heterocycles. The van der Waals surface area contributed by atoms with E-state index in [2.05, 4.69) is 52.8 Å². The minimum atomic E-state index is -0.309. The molecular formula is C22H29N3O. The lowest BCUT2D eigenvalue weighted by Gasteiger charge is -2.29. The van der Waals surface area contributed by atoms with Gasteiger partial charge in [-0.3, -0.25) is 4.79 Å². The number of carbonyl (C=O) groups is 1. The molecule has 1 atom stereocenters. The van der Waals surface area contributed by atoms with Gasteiger partial charge in [-0.05, 0) is 75.9 Å². The predicted octanol–water partition coefficient (Wildman–Crippen LogP) is 4.73. The van der Waals surface area contributed by atoms with Crippen LogP contribution in [-0.2, 0) is 4.79 Å². The molecule has 1 amide bonds. The Morgan fingerprint density at radius 3 is 2.35 bits per heavy atom. The van der Waals surface area contributed by atoms with Gasteiger partial charge in [0.05, 0.1) is 0 Å². The summed E-state index contributed by atoms with van der Waals surface area (Å²) in [6, 6.07) is 14.1. The molecule has 0 saturated carbocycles. The molecule has 0 aromatic heterocycles. The Kier molecular flexibility index (Phi) is 5.82. The van der Waals surface area contributed by atoms with Gasteiger partial charge in [-0.2, -0.15) is 0 Å². The number of rotatable bonds is 5. The van der Waals surface area contributed by atoms with Crippen molar-refractivity contribution in [3.63, 3.8) is 0 Å². The minimum absolute atomic E-state index is 0.0305. The normalized spacial score (nSPS) is 15.4. The zero-order valence-corrected chi connectivity index (χ0v) is 16.0. The number of hydrogen-bond acceptors (Lipinski definition) is 3. The van der Waals surface area contributed by atoms with Crippen molar-refractivity contribution in [2.24, 2.45) is 0 Å². The van der Waals surface area contributed by atoms with Crippen molar-refractivity contribution in [3.05, 3.63) is 53.6 Å². The molecule has 1 heterocycles. The van der Waals surface area contributed by atoms with Crippen LogP contribution in [0.2, 0.25) is 0 Å². The summed E-state index contributed by atoms with van der Waals surface area (Å²) in [7, 11) is 0. The van der Waals surface area contributed by atoms with Crippen LogP contribution in [0.4, 0.5) is 17.1 Å². The van der Waals surface area contributed by atoms with Gasteiger partial charge in [-0.25, -0.2) is 0 Å². The lowest BCUT2D eigenvalue weighted by atomic mass is 10.1. The molecule has 4 nitrogen and oxygen atoms in total. The van der Waals surface area contributed by atoms with Gasteiger partial charge in [0.25, 0.3) is 0 Å². The molecule has 0 radical (unpaired) electrons. The summed E-state index contributed by atoms with van der Waals surface area (Å²) in [6.45, 7) is 8.23. The number of nitrogens with one attached hydrogen (secondary N) is 2. The van der Waals surface area contributed by atoms with Gasteiger partial charge >= 0.3 is 0 Å². The van der Waals surface area contributed by atoms with E-state index in [1.54, 1.807) is 0 Å². The van der Waals surface area contributed by atoms with Gasteiger partial charge in [-0.1, -0.05) is 17.7 Å². The molecule has 26 heavy (non-hydrogen) atoms. The lowest BCUT2D eigenvalue weighted by Crippen LogP contribution is -2.32. The number of aryl methyl sites for hydroxylation is 2. The first kappa shape index (κ1) is 18.3. The molecule has 1 fully saturated rings. The third kappa shape index (κ3) is 4.57. The quantitative estimate of drug-likeness (QED) is 0.818.